The highest BCUT2D eigenvalue weighted by Gasteiger charge is 2.14. The molecule has 1 aliphatic heterocycles. The third kappa shape index (κ3) is 1.35. The van der Waals surface area contributed by atoms with E-state index in [-0.39, 0.29) is 0 Å². The molecule has 0 radical (unpaired) electrons. The summed E-state index contributed by atoms with van der Waals surface area (Å²) in [4.78, 5) is 0. The molecule has 1 aromatic carbocycles. The van der Waals surface area contributed by atoms with Crippen LogP contribution in [-0.4, -0.2) is 6.54 Å². The highest BCUT2D eigenvalue weighted by Crippen LogP contribution is 2.24. The van der Waals surface area contributed by atoms with Crippen molar-refractivity contribution < 1.29 is 0 Å². The zero-order chi connectivity index (χ0) is 8.55. The van der Waals surface area contributed by atoms with Crippen LogP contribution >= 0.6 is 11.6 Å². The van der Waals surface area contributed by atoms with Crippen LogP contribution in [-0.2, 0) is 6.42 Å². The minimum Gasteiger partial charge on any atom is -0.310 e. The molecule has 12 heavy (non-hydrogen) atoms. The number of nitrogens with one attached hydrogen (secondary N) is 1. The molecule has 1 atom stereocenters. The summed E-state index contributed by atoms with van der Waals surface area (Å²) in [5.41, 5.74) is 2.79. The topological polar surface area (TPSA) is 12.0 Å². The third-order valence-corrected chi connectivity index (χ3v) is 2.65. The summed E-state index contributed by atoms with van der Waals surface area (Å²) in [7, 11) is 0. The molecule has 64 valence electrons. The van der Waals surface area contributed by atoms with Gasteiger partial charge in [-0.05, 0) is 43.1 Å². The van der Waals surface area contributed by atoms with Crippen LogP contribution in [0.25, 0.3) is 0 Å². The van der Waals surface area contributed by atoms with E-state index >= 15 is 0 Å². The summed E-state index contributed by atoms with van der Waals surface area (Å²) >= 11 is 5.90. The second-order valence-electron chi connectivity index (χ2n) is 3.27. The Bertz CT molecular complexity index is 296. The number of rotatable bonds is 0. The van der Waals surface area contributed by atoms with Crippen molar-refractivity contribution in [3.05, 3.63) is 34.3 Å². The Kier molecular flexibility index (Phi) is 2.07. The molecule has 0 saturated heterocycles. The second-order valence-corrected chi connectivity index (χ2v) is 3.71. The van der Waals surface area contributed by atoms with Crippen LogP contribution in [0.5, 0.6) is 0 Å². The van der Waals surface area contributed by atoms with E-state index in [2.05, 4.69) is 24.4 Å². The predicted molar refractivity (Wildman–Crippen MR) is 51.6 cm³/mol. The van der Waals surface area contributed by atoms with Gasteiger partial charge in [0.05, 0.1) is 0 Å². The normalized spacial score (nSPS) is 22.0. The standard InChI is InChI=1S/C10H12ClN/c1-7-10-3-2-9(11)6-8(10)4-5-12-7/h2-3,6-7,12H,4-5H2,1H3/t7-/m1/s1. The Morgan fingerprint density at radius 2 is 2.33 bits per heavy atom. The predicted octanol–water partition coefficient (Wildman–Crippen LogP) is 2.55. The number of fused-ring (bicyclic) bond motifs is 1. The second kappa shape index (κ2) is 3.08. The van der Waals surface area contributed by atoms with Crippen LogP contribution in [0.1, 0.15) is 24.1 Å². The zero-order valence-corrected chi connectivity index (χ0v) is 7.86. The Morgan fingerprint density at radius 1 is 1.50 bits per heavy atom. The quantitative estimate of drug-likeness (QED) is 0.649. The van der Waals surface area contributed by atoms with E-state index in [1.54, 1.807) is 0 Å². The van der Waals surface area contributed by atoms with Crippen molar-refractivity contribution in [2.24, 2.45) is 0 Å². The van der Waals surface area contributed by atoms with Gasteiger partial charge in [-0.2, -0.15) is 0 Å². The SMILES string of the molecule is C[C@H]1NCCc2cc(Cl)ccc21. The first-order valence-corrected chi connectivity index (χ1v) is 4.67. The number of benzene rings is 1. The van der Waals surface area contributed by atoms with Gasteiger partial charge in [-0.1, -0.05) is 17.7 Å². The first kappa shape index (κ1) is 8.09. The van der Waals surface area contributed by atoms with E-state index in [4.69, 9.17) is 11.6 Å². The molecule has 0 amide bonds. The summed E-state index contributed by atoms with van der Waals surface area (Å²) in [6.45, 7) is 3.25. The first-order chi connectivity index (χ1) is 5.77. The molecule has 1 nitrogen and oxygen atoms in total. The average molecular weight is 182 g/mol. The summed E-state index contributed by atoms with van der Waals surface area (Å²) < 4.78 is 0. The lowest BCUT2D eigenvalue weighted by Gasteiger charge is -2.23. The van der Waals surface area contributed by atoms with Crippen molar-refractivity contribution in [1.29, 1.82) is 0 Å². The maximum Gasteiger partial charge on any atom is 0.0408 e. The van der Waals surface area contributed by atoms with Gasteiger partial charge in [0.25, 0.3) is 0 Å². The maximum atomic E-state index is 5.90. The monoisotopic (exact) mass is 181 g/mol. The molecule has 1 N–H and O–H groups in total. The van der Waals surface area contributed by atoms with Crippen molar-refractivity contribution in [2.75, 3.05) is 6.54 Å². The molecule has 0 fully saturated rings. The number of halogens is 1. The number of hydrogen-bond donors (Lipinski definition) is 1. The molecular formula is C10H12ClN. The highest BCUT2D eigenvalue weighted by atomic mass is 35.5. The molecule has 0 aromatic heterocycles. The van der Waals surface area contributed by atoms with Crippen LogP contribution in [0.3, 0.4) is 0 Å². The van der Waals surface area contributed by atoms with E-state index in [0.29, 0.717) is 6.04 Å². The molecule has 0 saturated carbocycles. The molecule has 0 unspecified atom stereocenters. The van der Waals surface area contributed by atoms with Crippen LogP contribution in [0.4, 0.5) is 0 Å². The van der Waals surface area contributed by atoms with E-state index in [9.17, 15) is 0 Å². The fourth-order valence-corrected chi connectivity index (χ4v) is 1.94. The minimum absolute atomic E-state index is 0.478. The first-order valence-electron chi connectivity index (χ1n) is 4.29. The molecule has 2 heteroatoms. The van der Waals surface area contributed by atoms with Gasteiger partial charge in [-0.15, -0.1) is 0 Å². The van der Waals surface area contributed by atoms with Crippen LogP contribution in [0, 0.1) is 0 Å². The molecule has 1 aromatic rings. The fraction of sp³-hybridized carbons (Fsp3) is 0.400. The average Bonchev–Trinajstić information content (AvgIpc) is 2.04. The number of hydrogen-bond acceptors (Lipinski definition) is 1. The Balaban J connectivity index is 2.46. The Morgan fingerprint density at radius 3 is 3.17 bits per heavy atom. The Labute approximate surface area is 77.7 Å². The van der Waals surface area contributed by atoms with Gasteiger partial charge in [0.1, 0.15) is 0 Å². The fourth-order valence-electron chi connectivity index (χ4n) is 1.75. The lowest BCUT2D eigenvalue weighted by Crippen LogP contribution is -2.27. The van der Waals surface area contributed by atoms with Gasteiger partial charge in [0.2, 0.25) is 0 Å². The van der Waals surface area contributed by atoms with Crippen LogP contribution in [0.2, 0.25) is 5.02 Å². The highest BCUT2D eigenvalue weighted by molar-refractivity contribution is 6.30. The summed E-state index contributed by atoms with van der Waals surface area (Å²) in [5, 5.41) is 4.26. The van der Waals surface area contributed by atoms with Gasteiger partial charge >= 0.3 is 0 Å². The molecule has 2 rings (SSSR count). The van der Waals surface area contributed by atoms with Crippen LogP contribution in [0.15, 0.2) is 18.2 Å². The molecule has 0 aliphatic carbocycles. The van der Waals surface area contributed by atoms with Gasteiger partial charge in [-0.3, -0.25) is 0 Å². The maximum absolute atomic E-state index is 5.90. The molecule has 0 spiro atoms. The van der Waals surface area contributed by atoms with Gasteiger partial charge in [0, 0.05) is 11.1 Å². The molecule has 1 heterocycles. The largest absolute Gasteiger partial charge is 0.310 e. The van der Waals surface area contributed by atoms with Gasteiger partial charge in [0.15, 0.2) is 0 Å². The zero-order valence-electron chi connectivity index (χ0n) is 7.10. The van der Waals surface area contributed by atoms with Crippen LogP contribution < -0.4 is 5.32 Å². The minimum atomic E-state index is 0.478. The Hall–Kier alpha value is -0.530. The van der Waals surface area contributed by atoms with Crippen molar-refractivity contribution in [1.82, 2.24) is 5.32 Å². The smallest absolute Gasteiger partial charge is 0.0408 e. The summed E-state index contributed by atoms with van der Waals surface area (Å²) in [6, 6.07) is 6.64. The van der Waals surface area contributed by atoms with Crippen molar-refractivity contribution in [2.45, 2.75) is 19.4 Å². The van der Waals surface area contributed by atoms with E-state index in [0.717, 1.165) is 18.0 Å². The van der Waals surface area contributed by atoms with Gasteiger partial charge < -0.3 is 5.32 Å². The van der Waals surface area contributed by atoms with E-state index in [1.165, 1.54) is 11.1 Å². The molecule has 0 bridgehead atoms. The summed E-state index contributed by atoms with van der Waals surface area (Å²) in [6.07, 6.45) is 1.10. The lowest BCUT2D eigenvalue weighted by atomic mass is 9.96. The van der Waals surface area contributed by atoms with Crippen molar-refractivity contribution >= 4 is 11.6 Å². The van der Waals surface area contributed by atoms with E-state index in [1.807, 2.05) is 6.07 Å². The van der Waals surface area contributed by atoms with Gasteiger partial charge in [-0.25, -0.2) is 0 Å². The molecular weight excluding hydrogens is 170 g/mol. The summed E-state index contributed by atoms with van der Waals surface area (Å²) in [5.74, 6) is 0. The third-order valence-electron chi connectivity index (χ3n) is 2.42. The molecule has 1 aliphatic rings. The van der Waals surface area contributed by atoms with Crippen molar-refractivity contribution in [3.8, 4) is 0 Å². The lowest BCUT2D eigenvalue weighted by molar-refractivity contribution is 0.541. The van der Waals surface area contributed by atoms with E-state index < -0.39 is 0 Å². The van der Waals surface area contributed by atoms with Crippen molar-refractivity contribution in [3.63, 3.8) is 0 Å².